The molecule has 1 aromatic heterocycles. The molecule has 2 aromatic rings. The van der Waals surface area contributed by atoms with Crippen molar-refractivity contribution >= 4 is 11.8 Å². The van der Waals surface area contributed by atoms with E-state index in [1.807, 2.05) is 0 Å². The SMILES string of the molecule is COc1ccc(-c2onc(N3[C@@H]4CC[C@H]3CN(C)CC4)c2C(=O)O)cc1. The Morgan fingerprint density at radius 2 is 1.96 bits per heavy atom. The largest absolute Gasteiger partial charge is 0.497 e. The molecule has 0 aliphatic carbocycles. The number of likely N-dealkylation sites (N-methyl/N-ethyl adjacent to an activating group) is 1. The van der Waals surface area contributed by atoms with Gasteiger partial charge in [-0.2, -0.15) is 0 Å². The number of ether oxygens (including phenoxy) is 1. The van der Waals surface area contributed by atoms with Crippen molar-refractivity contribution in [1.29, 1.82) is 0 Å². The van der Waals surface area contributed by atoms with Crippen LogP contribution in [0.15, 0.2) is 28.8 Å². The zero-order valence-corrected chi connectivity index (χ0v) is 15.0. The van der Waals surface area contributed by atoms with E-state index in [0.29, 0.717) is 28.9 Å². The minimum Gasteiger partial charge on any atom is -0.497 e. The summed E-state index contributed by atoms with van der Waals surface area (Å²) < 4.78 is 10.7. The van der Waals surface area contributed by atoms with Crippen LogP contribution in [0.5, 0.6) is 5.75 Å². The molecule has 4 rings (SSSR count). The maximum atomic E-state index is 12.1. The van der Waals surface area contributed by atoms with E-state index in [0.717, 1.165) is 32.4 Å². The summed E-state index contributed by atoms with van der Waals surface area (Å²) in [6, 6.07) is 7.75. The quantitative estimate of drug-likeness (QED) is 0.901. The number of carbonyl (C=O) groups is 1. The normalized spacial score (nSPS) is 23.1. The number of fused-ring (bicyclic) bond motifs is 2. The minimum absolute atomic E-state index is 0.150. The molecule has 7 heteroatoms. The number of anilines is 1. The summed E-state index contributed by atoms with van der Waals surface area (Å²) in [5, 5.41) is 14.1. The zero-order chi connectivity index (χ0) is 18.3. The maximum Gasteiger partial charge on any atom is 0.343 e. The lowest BCUT2D eigenvalue weighted by atomic mass is 10.1. The number of rotatable bonds is 4. The number of methoxy groups -OCH3 is 1. The van der Waals surface area contributed by atoms with Crippen LogP contribution in [-0.4, -0.2) is 60.5 Å². The molecule has 0 spiro atoms. The van der Waals surface area contributed by atoms with E-state index in [1.54, 1.807) is 31.4 Å². The molecule has 3 heterocycles. The van der Waals surface area contributed by atoms with Gasteiger partial charge >= 0.3 is 5.97 Å². The second kappa shape index (κ2) is 6.64. The van der Waals surface area contributed by atoms with Gasteiger partial charge < -0.3 is 24.2 Å². The van der Waals surface area contributed by atoms with Crippen LogP contribution < -0.4 is 9.64 Å². The summed E-state index contributed by atoms with van der Waals surface area (Å²) in [4.78, 5) is 16.6. The molecule has 2 aliphatic heterocycles. The molecule has 2 saturated heterocycles. The van der Waals surface area contributed by atoms with Crippen molar-refractivity contribution < 1.29 is 19.2 Å². The number of likely N-dealkylation sites (tertiary alicyclic amines) is 1. The fraction of sp³-hybridized carbons (Fsp3) is 0.474. The van der Waals surface area contributed by atoms with Gasteiger partial charge in [-0.1, -0.05) is 5.16 Å². The minimum atomic E-state index is -1.01. The standard InChI is InChI=1S/C19H23N3O4/c1-21-10-9-13-5-6-14(11-21)22(13)18-16(19(23)24)17(26-20-18)12-3-7-15(25-2)8-4-12/h3-4,7-8,13-14H,5-6,9-11H2,1-2H3,(H,23,24)/t13-,14+/m1/s1. The number of carboxylic acid groups (broad SMARTS) is 1. The second-order valence-electron chi connectivity index (χ2n) is 7.09. The maximum absolute atomic E-state index is 12.1. The molecule has 2 fully saturated rings. The van der Waals surface area contributed by atoms with Crippen LogP contribution in [0.3, 0.4) is 0 Å². The average molecular weight is 357 g/mol. The van der Waals surface area contributed by atoms with Crippen LogP contribution in [0.4, 0.5) is 5.82 Å². The molecular weight excluding hydrogens is 334 g/mol. The Bertz CT molecular complexity index is 802. The Hall–Kier alpha value is -2.54. The van der Waals surface area contributed by atoms with Crippen molar-refractivity contribution in [2.24, 2.45) is 0 Å². The Morgan fingerprint density at radius 1 is 1.23 bits per heavy atom. The van der Waals surface area contributed by atoms with Crippen molar-refractivity contribution in [2.75, 3.05) is 32.1 Å². The van der Waals surface area contributed by atoms with E-state index >= 15 is 0 Å². The molecule has 2 aliphatic rings. The predicted octanol–water partition coefficient (Wildman–Crippen LogP) is 2.72. The van der Waals surface area contributed by atoms with Gasteiger partial charge in [0.2, 0.25) is 0 Å². The van der Waals surface area contributed by atoms with Crippen LogP contribution in [0.25, 0.3) is 11.3 Å². The van der Waals surface area contributed by atoms with Gasteiger partial charge in [0.15, 0.2) is 17.1 Å². The van der Waals surface area contributed by atoms with E-state index in [2.05, 4.69) is 22.0 Å². The molecule has 0 unspecified atom stereocenters. The third-order valence-corrected chi connectivity index (χ3v) is 5.47. The highest BCUT2D eigenvalue weighted by Gasteiger charge is 2.41. The molecule has 0 saturated carbocycles. The van der Waals surface area contributed by atoms with Gasteiger partial charge in [-0.3, -0.25) is 0 Å². The number of benzene rings is 1. The molecule has 138 valence electrons. The van der Waals surface area contributed by atoms with E-state index in [9.17, 15) is 9.90 Å². The summed E-state index contributed by atoms with van der Waals surface area (Å²) in [5.41, 5.74) is 0.831. The van der Waals surface area contributed by atoms with E-state index in [-0.39, 0.29) is 11.6 Å². The molecule has 26 heavy (non-hydrogen) atoms. The Labute approximate surface area is 152 Å². The highest BCUT2D eigenvalue weighted by Crippen LogP contribution is 2.39. The molecule has 1 N–H and O–H groups in total. The fourth-order valence-corrected chi connectivity index (χ4v) is 4.18. The third-order valence-electron chi connectivity index (χ3n) is 5.47. The second-order valence-corrected chi connectivity index (χ2v) is 7.09. The molecule has 2 bridgehead atoms. The van der Waals surface area contributed by atoms with Gasteiger partial charge in [0.05, 0.1) is 7.11 Å². The highest BCUT2D eigenvalue weighted by molar-refractivity contribution is 5.99. The van der Waals surface area contributed by atoms with Crippen molar-refractivity contribution in [1.82, 2.24) is 10.1 Å². The van der Waals surface area contributed by atoms with E-state index in [4.69, 9.17) is 9.26 Å². The van der Waals surface area contributed by atoms with Crippen LogP contribution in [0.1, 0.15) is 29.6 Å². The summed E-state index contributed by atoms with van der Waals surface area (Å²) in [7, 11) is 3.71. The molecule has 0 amide bonds. The first-order chi connectivity index (χ1) is 12.6. The third kappa shape index (κ3) is 2.82. The monoisotopic (exact) mass is 357 g/mol. The molecule has 1 aromatic carbocycles. The van der Waals surface area contributed by atoms with Gasteiger partial charge in [0.1, 0.15) is 5.75 Å². The van der Waals surface area contributed by atoms with Crippen molar-refractivity contribution in [3.63, 3.8) is 0 Å². The van der Waals surface area contributed by atoms with Crippen molar-refractivity contribution in [2.45, 2.75) is 31.3 Å². The van der Waals surface area contributed by atoms with Crippen LogP contribution in [0, 0.1) is 0 Å². The van der Waals surface area contributed by atoms with Gasteiger partial charge in [-0.25, -0.2) is 4.79 Å². The lowest BCUT2D eigenvalue weighted by molar-refractivity contribution is 0.0697. The van der Waals surface area contributed by atoms with Crippen molar-refractivity contribution in [3.05, 3.63) is 29.8 Å². The lowest BCUT2D eigenvalue weighted by Crippen LogP contribution is -2.39. The van der Waals surface area contributed by atoms with Gasteiger partial charge in [-0.15, -0.1) is 0 Å². The number of aromatic carboxylic acids is 1. The smallest absolute Gasteiger partial charge is 0.343 e. The van der Waals surface area contributed by atoms with Crippen LogP contribution in [0.2, 0.25) is 0 Å². The first kappa shape index (κ1) is 16.9. The highest BCUT2D eigenvalue weighted by atomic mass is 16.5. The molecule has 0 radical (unpaired) electrons. The Kier molecular flexibility index (Phi) is 4.32. The summed E-state index contributed by atoms with van der Waals surface area (Å²) in [6.45, 7) is 1.93. The zero-order valence-electron chi connectivity index (χ0n) is 15.0. The number of hydrogen-bond donors (Lipinski definition) is 1. The Morgan fingerprint density at radius 3 is 2.65 bits per heavy atom. The van der Waals surface area contributed by atoms with Crippen LogP contribution >= 0.6 is 0 Å². The number of carboxylic acids is 1. The molecule has 2 atom stereocenters. The number of hydrogen-bond acceptors (Lipinski definition) is 6. The number of nitrogens with zero attached hydrogens (tertiary/aromatic N) is 3. The Balaban J connectivity index is 1.75. The number of aromatic nitrogens is 1. The van der Waals surface area contributed by atoms with Crippen LogP contribution in [-0.2, 0) is 0 Å². The molecular formula is C19H23N3O4. The fourth-order valence-electron chi connectivity index (χ4n) is 4.18. The van der Waals surface area contributed by atoms with E-state index < -0.39 is 5.97 Å². The van der Waals surface area contributed by atoms with Crippen molar-refractivity contribution in [3.8, 4) is 17.1 Å². The summed E-state index contributed by atoms with van der Waals surface area (Å²) in [5.74, 6) is 0.460. The lowest BCUT2D eigenvalue weighted by Gasteiger charge is -2.28. The van der Waals surface area contributed by atoms with E-state index in [1.165, 1.54) is 0 Å². The van der Waals surface area contributed by atoms with Gasteiger partial charge in [-0.05, 0) is 57.1 Å². The van der Waals surface area contributed by atoms with Gasteiger partial charge in [0.25, 0.3) is 0 Å². The summed E-state index contributed by atoms with van der Waals surface area (Å²) >= 11 is 0. The summed E-state index contributed by atoms with van der Waals surface area (Å²) in [6.07, 6.45) is 3.14. The molecule has 7 nitrogen and oxygen atoms in total. The topological polar surface area (TPSA) is 79.0 Å². The first-order valence-electron chi connectivity index (χ1n) is 8.92. The first-order valence-corrected chi connectivity index (χ1v) is 8.92. The van der Waals surface area contributed by atoms with Gasteiger partial charge in [0, 0.05) is 24.2 Å². The predicted molar refractivity (Wildman–Crippen MR) is 96.9 cm³/mol. The average Bonchev–Trinajstić information content (AvgIpc) is 3.18.